The van der Waals surface area contributed by atoms with Crippen molar-refractivity contribution in [1.29, 1.82) is 0 Å². The SMILES string of the molecule is Cc1ccc(C(=O)NCC(=O)Nc2cccc(Cl)c2C)s1. The molecule has 0 atom stereocenters. The minimum absolute atomic E-state index is 0.0816. The Bertz CT molecular complexity index is 682. The predicted molar refractivity (Wildman–Crippen MR) is 86.2 cm³/mol. The third-order valence-corrected chi connectivity index (χ3v) is 4.32. The molecule has 1 heterocycles. The van der Waals surface area contributed by atoms with Gasteiger partial charge in [-0.1, -0.05) is 17.7 Å². The van der Waals surface area contributed by atoms with Crippen LogP contribution in [0.25, 0.3) is 0 Å². The zero-order valence-corrected chi connectivity index (χ0v) is 13.3. The second kappa shape index (κ2) is 6.74. The summed E-state index contributed by atoms with van der Waals surface area (Å²) in [4.78, 5) is 25.3. The molecule has 0 saturated heterocycles. The van der Waals surface area contributed by atoms with Gasteiger partial charge >= 0.3 is 0 Å². The number of amides is 2. The van der Waals surface area contributed by atoms with E-state index in [1.165, 1.54) is 11.3 Å². The molecular formula is C15H15ClN2O2S. The number of carbonyl (C=O) groups excluding carboxylic acids is 2. The monoisotopic (exact) mass is 322 g/mol. The van der Waals surface area contributed by atoms with Crippen molar-refractivity contribution in [2.75, 3.05) is 11.9 Å². The van der Waals surface area contributed by atoms with Gasteiger partial charge in [0.15, 0.2) is 0 Å². The Morgan fingerprint density at radius 1 is 1.19 bits per heavy atom. The average Bonchev–Trinajstić information content (AvgIpc) is 2.88. The molecule has 2 N–H and O–H groups in total. The van der Waals surface area contributed by atoms with E-state index in [-0.39, 0.29) is 18.4 Å². The van der Waals surface area contributed by atoms with Crippen LogP contribution in [0.3, 0.4) is 0 Å². The van der Waals surface area contributed by atoms with Gasteiger partial charge in [0.05, 0.1) is 11.4 Å². The van der Waals surface area contributed by atoms with E-state index in [2.05, 4.69) is 10.6 Å². The number of rotatable bonds is 4. The van der Waals surface area contributed by atoms with Gasteiger partial charge in [-0.05, 0) is 43.7 Å². The van der Waals surface area contributed by atoms with E-state index in [0.717, 1.165) is 10.4 Å². The first-order valence-corrected chi connectivity index (χ1v) is 7.56. The largest absolute Gasteiger partial charge is 0.342 e. The maximum Gasteiger partial charge on any atom is 0.261 e. The summed E-state index contributed by atoms with van der Waals surface area (Å²) < 4.78 is 0. The van der Waals surface area contributed by atoms with Crippen molar-refractivity contribution < 1.29 is 9.59 Å². The van der Waals surface area contributed by atoms with Crippen LogP contribution in [0.5, 0.6) is 0 Å². The van der Waals surface area contributed by atoms with Gasteiger partial charge in [0.2, 0.25) is 5.91 Å². The summed E-state index contributed by atoms with van der Waals surface area (Å²) >= 11 is 7.38. The molecule has 0 radical (unpaired) electrons. The number of benzene rings is 1. The van der Waals surface area contributed by atoms with Crippen molar-refractivity contribution in [3.63, 3.8) is 0 Å². The fourth-order valence-electron chi connectivity index (χ4n) is 1.74. The van der Waals surface area contributed by atoms with Gasteiger partial charge in [-0.25, -0.2) is 0 Å². The summed E-state index contributed by atoms with van der Waals surface area (Å²) in [5.74, 6) is -0.534. The lowest BCUT2D eigenvalue weighted by molar-refractivity contribution is -0.115. The number of hydrogen-bond acceptors (Lipinski definition) is 3. The highest BCUT2D eigenvalue weighted by Gasteiger charge is 2.11. The van der Waals surface area contributed by atoms with Crippen molar-refractivity contribution in [2.45, 2.75) is 13.8 Å². The summed E-state index contributed by atoms with van der Waals surface area (Å²) in [6.07, 6.45) is 0. The summed E-state index contributed by atoms with van der Waals surface area (Å²) in [5, 5.41) is 5.91. The first-order valence-electron chi connectivity index (χ1n) is 6.37. The molecule has 0 unspecified atom stereocenters. The van der Waals surface area contributed by atoms with Gasteiger partial charge in [-0.15, -0.1) is 11.3 Å². The topological polar surface area (TPSA) is 58.2 Å². The summed E-state index contributed by atoms with van der Waals surface area (Å²) in [5.41, 5.74) is 1.45. The third kappa shape index (κ3) is 4.06. The van der Waals surface area contributed by atoms with E-state index < -0.39 is 0 Å². The van der Waals surface area contributed by atoms with Crippen molar-refractivity contribution in [3.8, 4) is 0 Å². The predicted octanol–water partition coefficient (Wildman–Crippen LogP) is 3.39. The maximum atomic E-state index is 11.9. The smallest absolute Gasteiger partial charge is 0.261 e. The molecule has 6 heteroatoms. The second-order valence-corrected chi connectivity index (χ2v) is 6.25. The fraction of sp³-hybridized carbons (Fsp3) is 0.200. The molecule has 2 amide bonds. The quantitative estimate of drug-likeness (QED) is 0.906. The summed E-state index contributed by atoms with van der Waals surface area (Å²) in [6, 6.07) is 8.90. The summed E-state index contributed by atoms with van der Waals surface area (Å²) in [7, 11) is 0. The van der Waals surface area contributed by atoms with Crippen LogP contribution in [-0.2, 0) is 4.79 Å². The normalized spacial score (nSPS) is 10.2. The van der Waals surface area contributed by atoms with E-state index in [0.29, 0.717) is 15.6 Å². The first-order chi connectivity index (χ1) is 9.97. The van der Waals surface area contributed by atoms with E-state index in [9.17, 15) is 9.59 Å². The van der Waals surface area contributed by atoms with Crippen LogP contribution in [0.2, 0.25) is 5.02 Å². The molecule has 0 saturated carbocycles. The minimum Gasteiger partial charge on any atom is -0.342 e. The molecule has 4 nitrogen and oxygen atoms in total. The molecule has 0 fully saturated rings. The number of carbonyl (C=O) groups is 2. The Hall–Kier alpha value is -1.85. The standard InChI is InChI=1S/C15H15ClN2O2S/c1-9-6-7-13(21-9)15(20)17-8-14(19)18-12-5-3-4-11(16)10(12)2/h3-7H,8H2,1-2H3,(H,17,20)(H,18,19). The fourth-order valence-corrected chi connectivity index (χ4v) is 2.70. The van der Waals surface area contributed by atoms with Crippen molar-refractivity contribution >= 4 is 40.4 Å². The average molecular weight is 323 g/mol. The Morgan fingerprint density at radius 2 is 1.95 bits per heavy atom. The lowest BCUT2D eigenvalue weighted by Crippen LogP contribution is -2.32. The Labute approximate surface area is 132 Å². The minimum atomic E-state index is -0.290. The molecule has 0 aliphatic carbocycles. The van der Waals surface area contributed by atoms with Gasteiger partial charge in [-0.3, -0.25) is 9.59 Å². The molecule has 2 rings (SSSR count). The van der Waals surface area contributed by atoms with Gasteiger partial charge in [0, 0.05) is 15.6 Å². The van der Waals surface area contributed by atoms with E-state index in [4.69, 9.17) is 11.6 Å². The molecule has 21 heavy (non-hydrogen) atoms. The highest BCUT2D eigenvalue weighted by molar-refractivity contribution is 7.13. The van der Waals surface area contributed by atoms with E-state index in [1.54, 1.807) is 24.3 Å². The van der Waals surface area contributed by atoms with Crippen LogP contribution < -0.4 is 10.6 Å². The number of hydrogen-bond donors (Lipinski definition) is 2. The van der Waals surface area contributed by atoms with Gasteiger partial charge in [0.25, 0.3) is 5.91 Å². The number of aryl methyl sites for hydroxylation is 1. The van der Waals surface area contributed by atoms with Crippen LogP contribution in [-0.4, -0.2) is 18.4 Å². The van der Waals surface area contributed by atoms with E-state index >= 15 is 0 Å². The van der Waals surface area contributed by atoms with Gasteiger partial charge in [0.1, 0.15) is 0 Å². The third-order valence-electron chi connectivity index (χ3n) is 2.92. The molecule has 1 aromatic carbocycles. The van der Waals surface area contributed by atoms with E-state index in [1.807, 2.05) is 19.9 Å². The second-order valence-electron chi connectivity index (χ2n) is 4.55. The van der Waals surface area contributed by atoms with Crippen LogP contribution in [0.15, 0.2) is 30.3 Å². The lowest BCUT2D eigenvalue weighted by Gasteiger charge is -2.09. The number of halogens is 1. The molecule has 2 aromatic rings. The highest BCUT2D eigenvalue weighted by atomic mass is 35.5. The van der Waals surface area contributed by atoms with Crippen LogP contribution >= 0.6 is 22.9 Å². The van der Waals surface area contributed by atoms with Crippen LogP contribution in [0.1, 0.15) is 20.1 Å². The number of thiophene rings is 1. The molecule has 1 aromatic heterocycles. The Kier molecular flexibility index (Phi) is 4.98. The van der Waals surface area contributed by atoms with Crippen LogP contribution in [0.4, 0.5) is 5.69 Å². The van der Waals surface area contributed by atoms with Crippen molar-refractivity contribution in [1.82, 2.24) is 5.32 Å². The first kappa shape index (κ1) is 15.5. The molecule has 0 aliphatic heterocycles. The molecule has 0 bridgehead atoms. The lowest BCUT2D eigenvalue weighted by atomic mass is 10.2. The molecule has 110 valence electrons. The van der Waals surface area contributed by atoms with Gasteiger partial charge < -0.3 is 10.6 Å². The van der Waals surface area contributed by atoms with Crippen LogP contribution in [0, 0.1) is 13.8 Å². The van der Waals surface area contributed by atoms with Crippen molar-refractivity contribution in [2.24, 2.45) is 0 Å². The highest BCUT2D eigenvalue weighted by Crippen LogP contribution is 2.22. The zero-order valence-electron chi connectivity index (χ0n) is 11.7. The maximum absolute atomic E-state index is 11.9. The molecule has 0 aliphatic rings. The Balaban J connectivity index is 1.90. The Morgan fingerprint density at radius 3 is 2.62 bits per heavy atom. The number of anilines is 1. The number of nitrogens with one attached hydrogen (secondary N) is 2. The molecular weight excluding hydrogens is 308 g/mol. The summed E-state index contributed by atoms with van der Waals surface area (Å²) in [6.45, 7) is 3.67. The molecule has 0 spiro atoms. The van der Waals surface area contributed by atoms with Crippen molar-refractivity contribution in [3.05, 3.63) is 50.7 Å². The zero-order chi connectivity index (χ0) is 15.4. The van der Waals surface area contributed by atoms with Gasteiger partial charge in [-0.2, -0.15) is 0 Å².